The van der Waals surface area contributed by atoms with E-state index < -0.39 is 22.0 Å². The molecule has 2 rings (SSSR count). The van der Waals surface area contributed by atoms with Crippen molar-refractivity contribution in [2.45, 2.75) is 24.8 Å². The Morgan fingerprint density at radius 3 is 2.40 bits per heavy atom. The van der Waals surface area contributed by atoms with E-state index in [2.05, 4.69) is 10.0 Å². The Bertz CT molecular complexity index is 867. The van der Waals surface area contributed by atoms with E-state index in [1.165, 1.54) is 38.3 Å². The maximum Gasteiger partial charge on any atom is 0.242 e. The summed E-state index contributed by atoms with van der Waals surface area (Å²) in [6.45, 7) is 3.24. The molecule has 0 aliphatic heterocycles. The molecule has 6 nitrogen and oxygen atoms in total. The van der Waals surface area contributed by atoms with Gasteiger partial charge in [0.25, 0.3) is 0 Å². The van der Waals surface area contributed by atoms with Crippen LogP contribution in [0.2, 0.25) is 5.02 Å². The van der Waals surface area contributed by atoms with E-state index in [0.717, 1.165) is 0 Å². The van der Waals surface area contributed by atoms with Crippen molar-refractivity contribution in [1.29, 1.82) is 0 Å². The minimum Gasteiger partial charge on any atom is -0.497 e. The van der Waals surface area contributed by atoms with Gasteiger partial charge in [-0.05, 0) is 55.8 Å². The van der Waals surface area contributed by atoms with Gasteiger partial charge in [0.05, 0.1) is 18.0 Å². The third kappa shape index (κ3) is 4.72. The van der Waals surface area contributed by atoms with Crippen LogP contribution in [-0.2, 0) is 14.8 Å². The molecule has 25 heavy (non-hydrogen) atoms. The van der Waals surface area contributed by atoms with Crippen LogP contribution in [0.4, 0.5) is 5.69 Å². The van der Waals surface area contributed by atoms with Crippen LogP contribution in [0.3, 0.4) is 0 Å². The number of sulfonamides is 1. The molecule has 1 atom stereocenters. The molecule has 0 unspecified atom stereocenters. The van der Waals surface area contributed by atoms with Crippen LogP contribution < -0.4 is 14.8 Å². The van der Waals surface area contributed by atoms with Gasteiger partial charge in [-0.1, -0.05) is 17.7 Å². The second-order valence-electron chi connectivity index (χ2n) is 5.42. The first-order valence-electron chi connectivity index (χ1n) is 7.47. The Morgan fingerprint density at radius 1 is 1.16 bits per heavy atom. The Morgan fingerprint density at radius 2 is 1.80 bits per heavy atom. The fourth-order valence-corrected chi connectivity index (χ4v) is 3.47. The summed E-state index contributed by atoms with van der Waals surface area (Å²) in [5.74, 6) is 0.0589. The number of benzene rings is 2. The van der Waals surface area contributed by atoms with Crippen LogP contribution >= 0.6 is 11.6 Å². The highest BCUT2D eigenvalue weighted by Gasteiger charge is 2.22. The molecule has 1 amide bonds. The molecule has 0 heterocycles. The first-order valence-corrected chi connectivity index (χ1v) is 9.33. The molecule has 0 radical (unpaired) electrons. The van der Waals surface area contributed by atoms with E-state index in [1.54, 1.807) is 25.1 Å². The summed E-state index contributed by atoms with van der Waals surface area (Å²) in [7, 11) is -2.34. The molecule has 2 aromatic rings. The van der Waals surface area contributed by atoms with Crippen LogP contribution in [0.5, 0.6) is 5.75 Å². The van der Waals surface area contributed by atoms with Crippen molar-refractivity contribution in [3.8, 4) is 5.75 Å². The van der Waals surface area contributed by atoms with Crippen molar-refractivity contribution < 1.29 is 17.9 Å². The van der Waals surface area contributed by atoms with Crippen molar-refractivity contribution in [3.63, 3.8) is 0 Å². The maximum atomic E-state index is 12.4. The summed E-state index contributed by atoms with van der Waals surface area (Å²) in [4.78, 5) is 12.3. The van der Waals surface area contributed by atoms with E-state index in [0.29, 0.717) is 22.0 Å². The smallest absolute Gasteiger partial charge is 0.242 e. The van der Waals surface area contributed by atoms with E-state index >= 15 is 0 Å². The normalized spacial score (nSPS) is 12.5. The molecule has 2 N–H and O–H groups in total. The van der Waals surface area contributed by atoms with Crippen molar-refractivity contribution >= 4 is 33.2 Å². The fraction of sp³-hybridized carbons (Fsp3) is 0.235. The Hall–Kier alpha value is -2.09. The molecule has 0 fully saturated rings. The lowest BCUT2D eigenvalue weighted by molar-refractivity contribution is -0.117. The highest BCUT2D eigenvalue weighted by atomic mass is 35.5. The summed E-state index contributed by atoms with van der Waals surface area (Å²) in [5, 5.41) is 3.19. The lowest BCUT2D eigenvalue weighted by atomic mass is 10.2. The third-order valence-electron chi connectivity index (χ3n) is 3.62. The predicted molar refractivity (Wildman–Crippen MR) is 97.6 cm³/mol. The molecule has 0 aliphatic rings. The summed E-state index contributed by atoms with van der Waals surface area (Å²) >= 11 is 6.02. The summed E-state index contributed by atoms with van der Waals surface area (Å²) in [5.41, 5.74) is 1.25. The Labute approximate surface area is 152 Å². The third-order valence-corrected chi connectivity index (χ3v) is 5.59. The number of nitrogens with one attached hydrogen (secondary N) is 2. The SMILES string of the molecule is COc1ccc(S(=O)(=O)N[C@@H](C)C(=O)Nc2cccc(Cl)c2C)cc1. The van der Waals surface area contributed by atoms with Gasteiger partial charge in [-0.25, -0.2) is 8.42 Å². The topological polar surface area (TPSA) is 84.5 Å². The number of hydrogen-bond acceptors (Lipinski definition) is 4. The zero-order valence-corrected chi connectivity index (χ0v) is 15.6. The highest BCUT2D eigenvalue weighted by Crippen LogP contribution is 2.23. The second kappa shape index (κ2) is 7.86. The molecule has 0 spiro atoms. The Balaban J connectivity index is 2.10. The fourth-order valence-electron chi connectivity index (χ4n) is 2.09. The number of amides is 1. The van der Waals surface area contributed by atoms with Crippen LogP contribution in [0, 0.1) is 6.92 Å². The zero-order chi connectivity index (χ0) is 18.6. The maximum absolute atomic E-state index is 12.4. The molecular weight excluding hydrogens is 364 g/mol. The lowest BCUT2D eigenvalue weighted by Gasteiger charge is -2.16. The van der Waals surface area contributed by atoms with Gasteiger partial charge in [0.15, 0.2) is 0 Å². The second-order valence-corrected chi connectivity index (χ2v) is 7.54. The molecule has 0 aromatic heterocycles. The molecule has 134 valence electrons. The summed E-state index contributed by atoms with van der Waals surface area (Å²) in [6.07, 6.45) is 0. The van der Waals surface area contributed by atoms with E-state index in [-0.39, 0.29) is 4.90 Å². The highest BCUT2D eigenvalue weighted by molar-refractivity contribution is 7.89. The van der Waals surface area contributed by atoms with Crippen molar-refractivity contribution in [3.05, 3.63) is 53.1 Å². The first-order chi connectivity index (χ1) is 11.7. The van der Waals surface area contributed by atoms with Gasteiger partial charge in [-0.3, -0.25) is 4.79 Å². The van der Waals surface area contributed by atoms with E-state index in [1.807, 2.05) is 0 Å². The van der Waals surface area contributed by atoms with Gasteiger partial charge in [0.2, 0.25) is 15.9 Å². The zero-order valence-electron chi connectivity index (χ0n) is 14.0. The number of anilines is 1. The molecule has 2 aromatic carbocycles. The number of ether oxygens (including phenoxy) is 1. The van der Waals surface area contributed by atoms with Gasteiger partial charge in [-0.15, -0.1) is 0 Å². The number of halogens is 1. The molecule has 0 saturated carbocycles. The predicted octanol–water partition coefficient (Wildman–Crippen LogP) is 2.96. The van der Waals surface area contributed by atoms with Crippen molar-refractivity contribution in [2.75, 3.05) is 12.4 Å². The molecule has 0 aliphatic carbocycles. The van der Waals surface area contributed by atoms with Gasteiger partial charge < -0.3 is 10.1 Å². The lowest BCUT2D eigenvalue weighted by Crippen LogP contribution is -2.41. The number of carbonyl (C=O) groups is 1. The number of rotatable bonds is 6. The minimum absolute atomic E-state index is 0.0480. The number of carbonyl (C=O) groups excluding carboxylic acids is 1. The summed E-state index contributed by atoms with van der Waals surface area (Å²) < 4.78 is 32.1. The van der Waals surface area contributed by atoms with E-state index in [4.69, 9.17) is 16.3 Å². The van der Waals surface area contributed by atoms with Crippen LogP contribution in [0.15, 0.2) is 47.4 Å². The number of hydrogen-bond donors (Lipinski definition) is 2. The number of methoxy groups -OCH3 is 1. The average Bonchev–Trinajstić information content (AvgIpc) is 2.58. The minimum atomic E-state index is -3.83. The van der Waals surface area contributed by atoms with Gasteiger partial charge in [0, 0.05) is 10.7 Å². The average molecular weight is 383 g/mol. The van der Waals surface area contributed by atoms with Gasteiger partial charge in [-0.2, -0.15) is 4.72 Å². The molecular formula is C17H19ClN2O4S. The first kappa shape index (κ1) is 19.2. The molecule has 0 saturated heterocycles. The summed E-state index contributed by atoms with van der Waals surface area (Å²) in [6, 6.07) is 10.0. The van der Waals surface area contributed by atoms with Crippen molar-refractivity contribution in [1.82, 2.24) is 4.72 Å². The molecule has 0 bridgehead atoms. The van der Waals surface area contributed by atoms with Crippen LogP contribution in [-0.4, -0.2) is 27.5 Å². The standard InChI is InChI=1S/C17H19ClN2O4S/c1-11-15(18)5-4-6-16(11)19-17(21)12(2)20-25(22,23)14-9-7-13(24-3)8-10-14/h4-10,12,20H,1-3H3,(H,19,21)/t12-/m0/s1. The largest absolute Gasteiger partial charge is 0.497 e. The van der Waals surface area contributed by atoms with Gasteiger partial charge >= 0.3 is 0 Å². The van der Waals surface area contributed by atoms with Crippen molar-refractivity contribution in [2.24, 2.45) is 0 Å². The Kier molecular flexibility index (Phi) is 6.05. The quantitative estimate of drug-likeness (QED) is 0.804. The van der Waals surface area contributed by atoms with Crippen LogP contribution in [0.1, 0.15) is 12.5 Å². The van der Waals surface area contributed by atoms with Gasteiger partial charge in [0.1, 0.15) is 5.75 Å². The molecule has 8 heteroatoms. The van der Waals surface area contributed by atoms with E-state index in [9.17, 15) is 13.2 Å². The van der Waals surface area contributed by atoms with Crippen LogP contribution in [0.25, 0.3) is 0 Å². The monoisotopic (exact) mass is 382 g/mol.